The smallest absolute Gasteiger partial charge is 0.0619 e. The van der Waals surface area contributed by atoms with Gasteiger partial charge in [-0.3, -0.25) is 0 Å². The molecule has 0 spiro atoms. The highest BCUT2D eigenvalue weighted by Gasteiger charge is 2.12. The molecule has 1 fully saturated rings. The first-order valence-corrected chi connectivity index (χ1v) is 3.74. The molecule has 1 aliphatic rings. The van der Waals surface area contributed by atoms with E-state index in [2.05, 4.69) is 5.32 Å². The minimum atomic E-state index is 0.643. The molecule has 54 valence electrons. The van der Waals surface area contributed by atoms with Crippen LogP contribution in [-0.4, -0.2) is 25.8 Å². The third kappa shape index (κ3) is 2.33. The highest BCUT2D eigenvalue weighted by Crippen LogP contribution is 2.04. The number of rotatable bonds is 3. The van der Waals surface area contributed by atoms with E-state index in [1.165, 1.54) is 19.4 Å². The van der Waals surface area contributed by atoms with E-state index in [9.17, 15) is 0 Å². The largest absolute Gasteiger partial charge is 0.380 e. The van der Waals surface area contributed by atoms with Crippen molar-refractivity contribution in [1.29, 1.82) is 0 Å². The maximum absolute atomic E-state index is 5.25. The molecule has 0 aliphatic carbocycles. The van der Waals surface area contributed by atoms with Crippen LogP contribution in [0.15, 0.2) is 0 Å². The van der Waals surface area contributed by atoms with Crippen LogP contribution in [0.25, 0.3) is 0 Å². The Morgan fingerprint density at radius 3 is 3.11 bits per heavy atom. The van der Waals surface area contributed by atoms with Crippen molar-refractivity contribution in [3.8, 4) is 0 Å². The van der Waals surface area contributed by atoms with Crippen molar-refractivity contribution in [3.63, 3.8) is 0 Å². The molecule has 1 atom stereocenters. The molecular weight excluding hydrogens is 114 g/mol. The molecule has 0 aromatic rings. The topological polar surface area (TPSA) is 21.3 Å². The highest BCUT2D eigenvalue weighted by molar-refractivity contribution is 4.72. The van der Waals surface area contributed by atoms with Crippen LogP contribution < -0.4 is 5.32 Å². The SMILES string of the molecule is CCOCC1CCCN1. The molecule has 0 amide bonds. The molecule has 1 heterocycles. The summed E-state index contributed by atoms with van der Waals surface area (Å²) in [7, 11) is 0. The molecule has 1 N–H and O–H groups in total. The average Bonchev–Trinajstić information content (AvgIpc) is 2.34. The maximum atomic E-state index is 5.25. The van der Waals surface area contributed by atoms with E-state index in [4.69, 9.17) is 4.74 Å². The monoisotopic (exact) mass is 129 g/mol. The first-order chi connectivity index (χ1) is 4.43. The van der Waals surface area contributed by atoms with Crippen molar-refractivity contribution in [2.24, 2.45) is 0 Å². The fourth-order valence-electron chi connectivity index (χ4n) is 1.16. The van der Waals surface area contributed by atoms with Gasteiger partial charge in [0.25, 0.3) is 0 Å². The molecule has 1 aliphatic heterocycles. The van der Waals surface area contributed by atoms with Gasteiger partial charge in [0.05, 0.1) is 6.61 Å². The van der Waals surface area contributed by atoms with Crippen LogP contribution in [0.4, 0.5) is 0 Å². The molecule has 1 rings (SSSR count). The van der Waals surface area contributed by atoms with Gasteiger partial charge in [-0.25, -0.2) is 0 Å². The third-order valence-corrected chi connectivity index (χ3v) is 1.69. The van der Waals surface area contributed by atoms with Crippen LogP contribution in [0.3, 0.4) is 0 Å². The molecule has 0 aromatic carbocycles. The zero-order chi connectivity index (χ0) is 6.53. The van der Waals surface area contributed by atoms with Gasteiger partial charge in [0, 0.05) is 12.6 Å². The predicted octanol–water partition coefficient (Wildman–Crippen LogP) is 0.775. The summed E-state index contributed by atoms with van der Waals surface area (Å²) in [5, 5.41) is 3.37. The third-order valence-electron chi connectivity index (χ3n) is 1.69. The van der Waals surface area contributed by atoms with E-state index in [1.807, 2.05) is 6.92 Å². The fraction of sp³-hybridized carbons (Fsp3) is 1.00. The van der Waals surface area contributed by atoms with Gasteiger partial charge in [-0.2, -0.15) is 0 Å². The van der Waals surface area contributed by atoms with Gasteiger partial charge in [-0.15, -0.1) is 0 Å². The summed E-state index contributed by atoms with van der Waals surface area (Å²) in [4.78, 5) is 0. The molecule has 1 saturated heterocycles. The van der Waals surface area contributed by atoms with Gasteiger partial charge in [-0.1, -0.05) is 0 Å². The molecule has 0 saturated carbocycles. The van der Waals surface area contributed by atoms with E-state index in [1.54, 1.807) is 0 Å². The van der Waals surface area contributed by atoms with E-state index in [0.717, 1.165) is 13.2 Å². The summed E-state index contributed by atoms with van der Waals surface area (Å²) >= 11 is 0. The Morgan fingerprint density at radius 2 is 2.56 bits per heavy atom. The number of hydrogen-bond donors (Lipinski definition) is 1. The van der Waals surface area contributed by atoms with Crippen LogP contribution >= 0.6 is 0 Å². The average molecular weight is 129 g/mol. The summed E-state index contributed by atoms with van der Waals surface area (Å²) in [6, 6.07) is 0.643. The molecule has 0 aromatic heterocycles. The lowest BCUT2D eigenvalue weighted by Crippen LogP contribution is -2.26. The zero-order valence-electron chi connectivity index (χ0n) is 6.02. The van der Waals surface area contributed by atoms with Crippen LogP contribution in [0.1, 0.15) is 19.8 Å². The second-order valence-corrected chi connectivity index (χ2v) is 2.45. The predicted molar refractivity (Wildman–Crippen MR) is 37.5 cm³/mol. The molecule has 2 heteroatoms. The summed E-state index contributed by atoms with van der Waals surface area (Å²) in [6.45, 7) is 4.96. The lowest BCUT2D eigenvalue weighted by molar-refractivity contribution is 0.128. The molecular formula is C7H15NO. The quantitative estimate of drug-likeness (QED) is 0.608. The lowest BCUT2D eigenvalue weighted by Gasteiger charge is -2.08. The minimum Gasteiger partial charge on any atom is -0.380 e. The van der Waals surface area contributed by atoms with Crippen LogP contribution in [0.2, 0.25) is 0 Å². The van der Waals surface area contributed by atoms with Crippen LogP contribution in [0.5, 0.6) is 0 Å². The molecule has 2 nitrogen and oxygen atoms in total. The van der Waals surface area contributed by atoms with Crippen molar-refractivity contribution in [2.75, 3.05) is 19.8 Å². The molecule has 0 bridgehead atoms. The Labute approximate surface area is 56.6 Å². The Morgan fingerprint density at radius 1 is 1.67 bits per heavy atom. The van der Waals surface area contributed by atoms with Crippen molar-refractivity contribution in [3.05, 3.63) is 0 Å². The normalized spacial score (nSPS) is 27.0. The lowest BCUT2D eigenvalue weighted by atomic mass is 10.2. The van der Waals surface area contributed by atoms with Crippen molar-refractivity contribution >= 4 is 0 Å². The summed E-state index contributed by atoms with van der Waals surface area (Å²) in [5.74, 6) is 0. The first kappa shape index (κ1) is 7.03. The van der Waals surface area contributed by atoms with Crippen molar-refractivity contribution in [1.82, 2.24) is 5.32 Å². The summed E-state index contributed by atoms with van der Waals surface area (Å²) in [6.07, 6.45) is 2.61. The van der Waals surface area contributed by atoms with E-state index >= 15 is 0 Å². The standard InChI is InChI=1S/C7H15NO/c1-2-9-6-7-4-3-5-8-7/h7-8H,2-6H2,1H3. The van der Waals surface area contributed by atoms with Gasteiger partial charge < -0.3 is 10.1 Å². The van der Waals surface area contributed by atoms with Crippen molar-refractivity contribution < 1.29 is 4.74 Å². The number of nitrogens with one attached hydrogen (secondary N) is 1. The zero-order valence-corrected chi connectivity index (χ0v) is 6.02. The number of ether oxygens (including phenoxy) is 1. The van der Waals surface area contributed by atoms with Gasteiger partial charge >= 0.3 is 0 Å². The number of hydrogen-bond acceptors (Lipinski definition) is 2. The molecule has 9 heavy (non-hydrogen) atoms. The minimum absolute atomic E-state index is 0.643. The van der Waals surface area contributed by atoms with E-state index in [-0.39, 0.29) is 0 Å². The Kier molecular flexibility index (Phi) is 3.01. The van der Waals surface area contributed by atoms with Gasteiger partial charge in [0.2, 0.25) is 0 Å². The van der Waals surface area contributed by atoms with Crippen LogP contribution in [-0.2, 0) is 4.74 Å². The van der Waals surface area contributed by atoms with Crippen molar-refractivity contribution in [2.45, 2.75) is 25.8 Å². The second-order valence-electron chi connectivity index (χ2n) is 2.45. The molecule has 1 unspecified atom stereocenters. The van der Waals surface area contributed by atoms with Gasteiger partial charge in [0.1, 0.15) is 0 Å². The first-order valence-electron chi connectivity index (χ1n) is 3.74. The van der Waals surface area contributed by atoms with Gasteiger partial charge in [-0.05, 0) is 26.3 Å². The Hall–Kier alpha value is -0.0800. The molecule has 0 radical (unpaired) electrons. The Balaban J connectivity index is 1.98. The van der Waals surface area contributed by atoms with E-state index in [0.29, 0.717) is 6.04 Å². The maximum Gasteiger partial charge on any atom is 0.0619 e. The van der Waals surface area contributed by atoms with Gasteiger partial charge in [0.15, 0.2) is 0 Å². The van der Waals surface area contributed by atoms with Crippen LogP contribution in [0, 0.1) is 0 Å². The van der Waals surface area contributed by atoms with E-state index < -0.39 is 0 Å². The fourth-order valence-corrected chi connectivity index (χ4v) is 1.16. The second kappa shape index (κ2) is 3.85. The Bertz CT molecular complexity index is 69.3. The summed E-state index contributed by atoms with van der Waals surface area (Å²) in [5.41, 5.74) is 0. The highest BCUT2D eigenvalue weighted by atomic mass is 16.5. The summed E-state index contributed by atoms with van der Waals surface area (Å²) < 4.78 is 5.25.